The summed E-state index contributed by atoms with van der Waals surface area (Å²) in [5.41, 5.74) is -3.29. The van der Waals surface area contributed by atoms with Crippen molar-refractivity contribution in [3.05, 3.63) is 29.3 Å². The number of nitrogens with zero attached hydrogens (tertiary/aromatic N) is 2. The summed E-state index contributed by atoms with van der Waals surface area (Å²) in [6, 6.07) is 0.410. The number of benzene rings is 1. The van der Waals surface area contributed by atoms with Gasteiger partial charge in [0, 0.05) is 19.6 Å². The summed E-state index contributed by atoms with van der Waals surface area (Å²) in [6.45, 7) is 0.952. The van der Waals surface area contributed by atoms with Crippen molar-refractivity contribution >= 4 is 10.0 Å². The van der Waals surface area contributed by atoms with Crippen molar-refractivity contribution in [2.75, 3.05) is 33.2 Å². The quantitative estimate of drug-likeness (QED) is 0.729. The minimum Gasteiger partial charge on any atom is -0.305 e. The zero-order valence-corrected chi connectivity index (χ0v) is 14.0. The van der Waals surface area contributed by atoms with Crippen LogP contribution < -0.4 is 0 Å². The highest BCUT2D eigenvalue weighted by molar-refractivity contribution is 7.89. The summed E-state index contributed by atoms with van der Waals surface area (Å²) < 4.78 is 103. The number of hydrogen-bond donors (Lipinski definition) is 0. The van der Waals surface area contributed by atoms with Gasteiger partial charge in [0.25, 0.3) is 0 Å². The third kappa shape index (κ3) is 4.64. The van der Waals surface area contributed by atoms with Gasteiger partial charge in [-0.25, -0.2) is 8.42 Å². The van der Waals surface area contributed by atoms with E-state index < -0.39 is 38.4 Å². The number of hydrogen-bond acceptors (Lipinski definition) is 3. The lowest BCUT2D eigenvalue weighted by atomic mass is 10.1. The summed E-state index contributed by atoms with van der Waals surface area (Å²) in [5, 5.41) is 0. The third-order valence-corrected chi connectivity index (χ3v) is 5.75. The maximum Gasteiger partial charge on any atom is 0.416 e. The van der Waals surface area contributed by atoms with E-state index in [4.69, 9.17) is 0 Å². The lowest BCUT2D eigenvalue weighted by molar-refractivity contribution is -0.143. The number of alkyl halides is 6. The van der Waals surface area contributed by atoms with Crippen molar-refractivity contribution in [1.82, 2.24) is 9.21 Å². The second kappa shape index (κ2) is 6.76. The van der Waals surface area contributed by atoms with Crippen LogP contribution >= 0.6 is 0 Å². The zero-order chi connectivity index (χ0) is 19.0. The minimum atomic E-state index is -5.09. The largest absolute Gasteiger partial charge is 0.416 e. The molecule has 0 atom stereocenters. The first-order valence-electron chi connectivity index (χ1n) is 7.30. The van der Waals surface area contributed by atoms with Crippen LogP contribution in [0, 0.1) is 0 Å². The molecule has 1 aliphatic rings. The van der Waals surface area contributed by atoms with Crippen molar-refractivity contribution in [3.8, 4) is 0 Å². The molecule has 0 N–H and O–H groups in total. The molecular weight excluding hydrogens is 374 g/mol. The molecule has 1 saturated heterocycles. The van der Waals surface area contributed by atoms with E-state index in [-0.39, 0.29) is 31.3 Å². The smallest absolute Gasteiger partial charge is 0.305 e. The van der Waals surface area contributed by atoms with Gasteiger partial charge in [-0.15, -0.1) is 0 Å². The van der Waals surface area contributed by atoms with Gasteiger partial charge in [0.2, 0.25) is 10.0 Å². The summed E-state index contributed by atoms with van der Waals surface area (Å²) in [4.78, 5) is 0.835. The molecule has 0 bridgehead atoms. The van der Waals surface area contributed by atoms with E-state index in [0.717, 1.165) is 4.31 Å². The van der Waals surface area contributed by atoms with Crippen molar-refractivity contribution in [1.29, 1.82) is 0 Å². The Labute approximate surface area is 141 Å². The van der Waals surface area contributed by atoms with Crippen LogP contribution in [-0.2, 0) is 22.4 Å². The summed E-state index contributed by atoms with van der Waals surface area (Å²) >= 11 is 0. The van der Waals surface area contributed by atoms with Crippen LogP contribution in [0.3, 0.4) is 0 Å². The van der Waals surface area contributed by atoms with Crippen LogP contribution in [0.4, 0.5) is 26.3 Å². The average Bonchev–Trinajstić information content (AvgIpc) is 2.70. The van der Waals surface area contributed by atoms with E-state index in [1.165, 1.54) is 0 Å². The van der Waals surface area contributed by atoms with E-state index in [1.54, 1.807) is 7.05 Å². The van der Waals surface area contributed by atoms with Crippen LogP contribution in [-0.4, -0.2) is 50.8 Å². The SMILES string of the molecule is CN1CCCN(S(=O)(=O)c2cc(C(F)(F)F)cc(C(F)(F)F)c2)CC1. The Balaban J connectivity index is 2.52. The first-order valence-corrected chi connectivity index (χ1v) is 8.74. The fourth-order valence-electron chi connectivity index (χ4n) is 2.49. The second-order valence-corrected chi connectivity index (χ2v) is 7.74. The third-order valence-electron chi connectivity index (χ3n) is 3.88. The Kier molecular flexibility index (Phi) is 5.41. The highest BCUT2D eigenvalue weighted by Gasteiger charge is 2.39. The van der Waals surface area contributed by atoms with Gasteiger partial charge >= 0.3 is 12.4 Å². The molecule has 2 rings (SSSR count). The average molecular weight is 390 g/mol. The molecule has 0 amide bonds. The molecule has 0 spiro atoms. The molecule has 4 nitrogen and oxygen atoms in total. The topological polar surface area (TPSA) is 40.6 Å². The van der Waals surface area contributed by atoms with Crippen LogP contribution in [0.15, 0.2) is 23.1 Å². The molecule has 11 heteroatoms. The molecule has 0 aromatic heterocycles. The Morgan fingerprint density at radius 1 is 0.840 bits per heavy atom. The Morgan fingerprint density at radius 2 is 1.36 bits per heavy atom. The molecule has 1 aromatic rings. The fourth-order valence-corrected chi connectivity index (χ4v) is 4.03. The molecule has 0 radical (unpaired) electrons. The van der Waals surface area contributed by atoms with Crippen LogP contribution in [0.2, 0.25) is 0 Å². The second-order valence-electron chi connectivity index (χ2n) is 5.80. The maximum atomic E-state index is 12.9. The predicted molar refractivity (Wildman–Crippen MR) is 77.3 cm³/mol. The summed E-state index contributed by atoms with van der Waals surface area (Å²) in [7, 11) is -2.72. The normalized spacial score (nSPS) is 19.0. The first-order chi connectivity index (χ1) is 11.3. The first kappa shape index (κ1) is 20.0. The van der Waals surface area contributed by atoms with Gasteiger partial charge in [-0.1, -0.05) is 0 Å². The highest BCUT2D eigenvalue weighted by Crippen LogP contribution is 2.37. The zero-order valence-electron chi connectivity index (χ0n) is 13.2. The molecule has 142 valence electrons. The molecular formula is C14H16F6N2O2S. The van der Waals surface area contributed by atoms with Crippen LogP contribution in [0.1, 0.15) is 17.5 Å². The van der Waals surface area contributed by atoms with E-state index in [1.807, 2.05) is 4.90 Å². The molecule has 1 fully saturated rings. The molecule has 1 heterocycles. The number of sulfonamides is 1. The summed E-state index contributed by atoms with van der Waals surface area (Å²) in [5.74, 6) is 0. The van der Waals surface area contributed by atoms with Gasteiger partial charge in [0.1, 0.15) is 0 Å². The fraction of sp³-hybridized carbons (Fsp3) is 0.571. The number of rotatable bonds is 2. The minimum absolute atomic E-state index is 0.00354. The van der Waals surface area contributed by atoms with Crippen molar-refractivity contribution < 1.29 is 34.8 Å². The number of likely N-dealkylation sites (N-methyl/N-ethyl adjacent to an activating group) is 1. The van der Waals surface area contributed by atoms with Gasteiger partial charge < -0.3 is 4.90 Å². The van der Waals surface area contributed by atoms with Crippen molar-refractivity contribution in [2.45, 2.75) is 23.7 Å². The number of halogens is 6. The molecule has 0 unspecified atom stereocenters. The molecule has 1 aromatic carbocycles. The van der Waals surface area contributed by atoms with Gasteiger partial charge in [0.05, 0.1) is 16.0 Å². The molecule has 0 aliphatic carbocycles. The Hall–Kier alpha value is -1.33. The van der Waals surface area contributed by atoms with Gasteiger partial charge in [-0.05, 0) is 38.2 Å². The van der Waals surface area contributed by atoms with Crippen molar-refractivity contribution in [3.63, 3.8) is 0 Å². The molecule has 0 saturated carbocycles. The standard InChI is InChI=1S/C14H16F6N2O2S/c1-21-3-2-4-22(6-5-21)25(23,24)12-8-10(13(15,16)17)7-11(9-12)14(18,19)20/h7-9H,2-6H2,1H3. The lowest BCUT2D eigenvalue weighted by Gasteiger charge is -2.22. The van der Waals surface area contributed by atoms with Gasteiger partial charge in [-0.2, -0.15) is 30.6 Å². The highest BCUT2D eigenvalue weighted by atomic mass is 32.2. The Bertz CT molecular complexity index is 698. The molecule has 1 aliphatic heterocycles. The maximum absolute atomic E-state index is 12.9. The van der Waals surface area contributed by atoms with E-state index in [2.05, 4.69) is 0 Å². The van der Waals surface area contributed by atoms with Crippen LogP contribution in [0.5, 0.6) is 0 Å². The van der Waals surface area contributed by atoms with Gasteiger partial charge in [-0.3, -0.25) is 0 Å². The Morgan fingerprint density at radius 3 is 1.84 bits per heavy atom. The summed E-state index contributed by atoms with van der Waals surface area (Å²) in [6.07, 6.45) is -9.75. The van der Waals surface area contributed by atoms with E-state index in [9.17, 15) is 34.8 Å². The monoisotopic (exact) mass is 390 g/mol. The van der Waals surface area contributed by atoms with Gasteiger partial charge in [0.15, 0.2) is 0 Å². The lowest BCUT2D eigenvalue weighted by Crippen LogP contribution is -2.34. The molecule has 25 heavy (non-hydrogen) atoms. The van der Waals surface area contributed by atoms with E-state index in [0.29, 0.717) is 19.5 Å². The predicted octanol–water partition coefficient (Wildman–Crippen LogP) is 3.05. The van der Waals surface area contributed by atoms with Crippen molar-refractivity contribution in [2.24, 2.45) is 0 Å². The van der Waals surface area contributed by atoms with E-state index >= 15 is 0 Å². The van der Waals surface area contributed by atoms with Crippen LogP contribution in [0.25, 0.3) is 0 Å².